The zero-order valence-corrected chi connectivity index (χ0v) is 11.9. The SMILES string of the molecule is CC(C)NCC1CCN(Cc2cnn(C)c2)CC1. The average Bonchev–Trinajstić information content (AvgIpc) is 2.74. The second-order valence-electron chi connectivity index (χ2n) is 5.80. The lowest BCUT2D eigenvalue weighted by Gasteiger charge is -2.32. The highest BCUT2D eigenvalue weighted by atomic mass is 15.2. The van der Waals surface area contributed by atoms with Gasteiger partial charge < -0.3 is 5.32 Å². The molecule has 1 aliphatic heterocycles. The molecule has 0 aliphatic carbocycles. The minimum absolute atomic E-state index is 0.610. The average molecular weight is 250 g/mol. The molecule has 0 amide bonds. The molecule has 0 spiro atoms. The number of likely N-dealkylation sites (tertiary alicyclic amines) is 1. The van der Waals surface area contributed by atoms with Gasteiger partial charge in [-0.25, -0.2) is 0 Å². The molecular weight excluding hydrogens is 224 g/mol. The van der Waals surface area contributed by atoms with E-state index in [1.54, 1.807) is 0 Å². The fourth-order valence-electron chi connectivity index (χ4n) is 2.56. The second-order valence-corrected chi connectivity index (χ2v) is 5.80. The zero-order valence-electron chi connectivity index (χ0n) is 11.9. The fraction of sp³-hybridized carbons (Fsp3) is 0.786. The topological polar surface area (TPSA) is 33.1 Å². The summed E-state index contributed by atoms with van der Waals surface area (Å²) in [6, 6.07) is 0.610. The van der Waals surface area contributed by atoms with Crippen LogP contribution in [0.1, 0.15) is 32.3 Å². The summed E-state index contributed by atoms with van der Waals surface area (Å²) < 4.78 is 1.88. The molecule has 0 radical (unpaired) electrons. The number of nitrogens with one attached hydrogen (secondary N) is 1. The number of piperidine rings is 1. The van der Waals surface area contributed by atoms with Gasteiger partial charge in [0.1, 0.15) is 0 Å². The maximum atomic E-state index is 4.23. The van der Waals surface area contributed by atoms with Crippen molar-refractivity contribution in [2.75, 3.05) is 19.6 Å². The van der Waals surface area contributed by atoms with Crippen LogP contribution in [0.4, 0.5) is 0 Å². The third-order valence-electron chi connectivity index (χ3n) is 3.69. The van der Waals surface area contributed by atoms with Crippen LogP contribution in [0.3, 0.4) is 0 Å². The summed E-state index contributed by atoms with van der Waals surface area (Å²) in [4.78, 5) is 2.54. The highest BCUT2D eigenvalue weighted by molar-refractivity contribution is 5.03. The monoisotopic (exact) mass is 250 g/mol. The first-order chi connectivity index (χ1) is 8.63. The molecule has 1 aromatic heterocycles. The van der Waals surface area contributed by atoms with Gasteiger partial charge in [-0.3, -0.25) is 9.58 Å². The van der Waals surface area contributed by atoms with E-state index in [0.29, 0.717) is 6.04 Å². The summed E-state index contributed by atoms with van der Waals surface area (Å²) in [6.07, 6.45) is 6.73. The Balaban J connectivity index is 1.70. The molecule has 1 fully saturated rings. The summed E-state index contributed by atoms with van der Waals surface area (Å²) in [5.74, 6) is 0.859. The molecule has 1 saturated heterocycles. The van der Waals surface area contributed by atoms with E-state index in [9.17, 15) is 0 Å². The molecule has 0 bridgehead atoms. The highest BCUT2D eigenvalue weighted by Crippen LogP contribution is 2.18. The van der Waals surface area contributed by atoms with Gasteiger partial charge in [0, 0.05) is 31.4 Å². The van der Waals surface area contributed by atoms with Crippen molar-refractivity contribution in [3.05, 3.63) is 18.0 Å². The molecule has 0 saturated carbocycles. The molecule has 1 aromatic rings. The van der Waals surface area contributed by atoms with E-state index in [1.165, 1.54) is 38.0 Å². The van der Waals surface area contributed by atoms with Gasteiger partial charge in [-0.15, -0.1) is 0 Å². The summed E-state index contributed by atoms with van der Waals surface area (Å²) in [5, 5.41) is 7.78. The van der Waals surface area contributed by atoms with Gasteiger partial charge in [-0.1, -0.05) is 13.8 Å². The van der Waals surface area contributed by atoms with Crippen LogP contribution in [-0.4, -0.2) is 40.4 Å². The van der Waals surface area contributed by atoms with Crippen LogP contribution in [-0.2, 0) is 13.6 Å². The lowest BCUT2D eigenvalue weighted by molar-refractivity contribution is 0.174. The Hall–Kier alpha value is -0.870. The van der Waals surface area contributed by atoms with E-state index in [4.69, 9.17) is 0 Å². The minimum Gasteiger partial charge on any atom is -0.314 e. The molecule has 0 atom stereocenters. The molecule has 1 aliphatic rings. The summed E-state index contributed by atoms with van der Waals surface area (Å²) in [5.41, 5.74) is 1.33. The van der Waals surface area contributed by atoms with Gasteiger partial charge in [0.25, 0.3) is 0 Å². The molecule has 18 heavy (non-hydrogen) atoms. The fourth-order valence-corrected chi connectivity index (χ4v) is 2.56. The van der Waals surface area contributed by atoms with Crippen LogP contribution < -0.4 is 5.32 Å². The van der Waals surface area contributed by atoms with Crippen LogP contribution in [0.25, 0.3) is 0 Å². The quantitative estimate of drug-likeness (QED) is 0.862. The van der Waals surface area contributed by atoms with Crippen molar-refractivity contribution < 1.29 is 0 Å². The molecule has 102 valence electrons. The Labute approximate surface area is 110 Å². The Morgan fingerprint density at radius 2 is 2.11 bits per heavy atom. The van der Waals surface area contributed by atoms with Crippen LogP contribution in [0, 0.1) is 5.92 Å². The first-order valence-electron chi connectivity index (χ1n) is 7.06. The zero-order chi connectivity index (χ0) is 13.0. The van der Waals surface area contributed by atoms with Gasteiger partial charge >= 0.3 is 0 Å². The third kappa shape index (κ3) is 4.10. The van der Waals surface area contributed by atoms with Crippen LogP contribution >= 0.6 is 0 Å². The first-order valence-corrected chi connectivity index (χ1v) is 7.06. The van der Waals surface area contributed by atoms with Crippen LogP contribution in [0.2, 0.25) is 0 Å². The number of rotatable bonds is 5. The third-order valence-corrected chi connectivity index (χ3v) is 3.69. The molecular formula is C14H26N4. The van der Waals surface area contributed by atoms with Gasteiger partial charge in [0.05, 0.1) is 6.20 Å². The van der Waals surface area contributed by atoms with Crippen molar-refractivity contribution in [1.29, 1.82) is 0 Å². The molecule has 0 aromatic carbocycles. The van der Waals surface area contributed by atoms with Crippen molar-refractivity contribution in [2.45, 2.75) is 39.3 Å². The molecule has 1 N–H and O–H groups in total. The Morgan fingerprint density at radius 1 is 1.39 bits per heavy atom. The molecule has 2 heterocycles. The van der Waals surface area contributed by atoms with Gasteiger partial charge in [0.2, 0.25) is 0 Å². The van der Waals surface area contributed by atoms with Gasteiger partial charge in [-0.05, 0) is 38.4 Å². The van der Waals surface area contributed by atoms with E-state index in [0.717, 1.165) is 12.5 Å². The first kappa shape index (κ1) is 13.6. The van der Waals surface area contributed by atoms with E-state index in [-0.39, 0.29) is 0 Å². The molecule has 2 rings (SSSR count). The summed E-state index contributed by atoms with van der Waals surface area (Å²) in [6.45, 7) is 9.12. The lowest BCUT2D eigenvalue weighted by atomic mass is 9.96. The Bertz CT molecular complexity index is 350. The predicted molar refractivity (Wildman–Crippen MR) is 74.3 cm³/mol. The number of nitrogens with zero attached hydrogens (tertiary/aromatic N) is 3. The number of aryl methyl sites for hydroxylation is 1. The lowest BCUT2D eigenvalue weighted by Crippen LogP contribution is -2.38. The maximum absolute atomic E-state index is 4.23. The van der Waals surface area contributed by atoms with E-state index in [2.05, 4.69) is 35.4 Å². The Morgan fingerprint density at radius 3 is 2.67 bits per heavy atom. The van der Waals surface area contributed by atoms with Crippen molar-refractivity contribution >= 4 is 0 Å². The van der Waals surface area contributed by atoms with Crippen molar-refractivity contribution in [2.24, 2.45) is 13.0 Å². The second kappa shape index (κ2) is 6.34. The minimum atomic E-state index is 0.610. The standard InChI is InChI=1S/C14H26N4/c1-12(2)15-8-13-4-6-18(7-5-13)11-14-9-16-17(3)10-14/h9-10,12-13,15H,4-8,11H2,1-3H3. The number of aromatic nitrogens is 2. The van der Waals surface area contributed by atoms with E-state index >= 15 is 0 Å². The van der Waals surface area contributed by atoms with Crippen LogP contribution in [0.15, 0.2) is 12.4 Å². The largest absolute Gasteiger partial charge is 0.314 e. The van der Waals surface area contributed by atoms with Gasteiger partial charge in [-0.2, -0.15) is 5.10 Å². The van der Waals surface area contributed by atoms with Gasteiger partial charge in [0.15, 0.2) is 0 Å². The Kier molecular flexibility index (Phi) is 4.78. The van der Waals surface area contributed by atoms with E-state index in [1.807, 2.05) is 17.9 Å². The van der Waals surface area contributed by atoms with Crippen LogP contribution in [0.5, 0.6) is 0 Å². The van der Waals surface area contributed by atoms with Crippen molar-refractivity contribution in [1.82, 2.24) is 20.0 Å². The normalized spacial score (nSPS) is 18.7. The number of hydrogen-bond acceptors (Lipinski definition) is 3. The molecule has 4 nitrogen and oxygen atoms in total. The summed E-state index contributed by atoms with van der Waals surface area (Å²) in [7, 11) is 1.98. The van der Waals surface area contributed by atoms with E-state index < -0.39 is 0 Å². The molecule has 0 unspecified atom stereocenters. The molecule has 4 heteroatoms. The predicted octanol–water partition coefficient (Wildman–Crippen LogP) is 1.63. The number of hydrogen-bond donors (Lipinski definition) is 1. The highest BCUT2D eigenvalue weighted by Gasteiger charge is 2.19. The summed E-state index contributed by atoms with van der Waals surface area (Å²) >= 11 is 0. The smallest absolute Gasteiger partial charge is 0.0534 e. The maximum Gasteiger partial charge on any atom is 0.0534 e. The van der Waals surface area contributed by atoms with Crippen molar-refractivity contribution in [3.8, 4) is 0 Å². The van der Waals surface area contributed by atoms with Crippen molar-refractivity contribution in [3.63, 3.8) is 0 Å².